The Kier molecular flexibility index (Phi) is 3.38. The van der Waals surface area contributed by atoms with E-state index >= 15 is 0 Å². The average Bonchev–Trinajstić information content (AvgIpc) is 2.27. The van der Waals surface area contributed by atoms with Gasteiger partial charge in [-0.3, -0.25) is 0 Å². The lowest BCUT2D eigenvalue weighted by Crippen LogP contribution is -2.29. The largest absolute Gasteiger partial charge is 0.490 e. The van der Waals surface area contributed by atoms with Crippen molar-refractivity contribution in [1.29, 1.82) is 0 Å². The summed E-state index contributed by atoms with van der Waals surface area (Å²) in [5, 5.41) is 5.14. The van der Waals surface area contributed by atoms with Gasteiger partial charge in [-0.25, -0.2) is 13.6 Å². The molecule has 0 aliphatic carbocycles. The molecule has 2 atom stereocenters. The van der Waals surface area contributed by atoms with Gasteiger partial charge < -0.3 is 4.74 Å². The van der Waals surface area contributed by atoms with E-state index in [0.717, 1.165) is 17.7 Å². The minimum absolute atomic E-state index is 0.152. The summed E-state index contributed by atoms with van der Waals surface area (Å²) in [6.07, 6.45) is 1.09. The second-order valence-corrected chi connectivity index (χ2v) is 6.84. The third kappa shape index (κ3) is 2.52. The lowest BCUT2D eigenvalue weighted by molar-refractivity contribution is 0.116. The fraction of sp³-hybridized carbons (Fsp3) is 0.538. The Morgan fingerprint density at radius 3 is 2.61 bits per heavy atom. The van der Waals surface area contributed by atoms with Crippen LogP contribution in [-0.4, -0.2) is 14.5 Å². The van der Waals surface area contributed by atoms with Crippen molar-refractivity contribution in [3.63, 3.8) is 0 Å². The van der Waals surface area contributed by atoms with Gasteiger partial charge in [0, 0.05) is 0 Å². The maximum Gasteiger partial charge on any atom is 0.238 e. The number of hydrogen-bond acceptors (Lipinski definition) is 3. The Morgan fingerprint density at radius 2 is 2.06 bits per heavy atom. The lowest BCUT2D eigenvalue weighted by atomic mass is 9.87. The molecule has 4 nitrogen and oxygen atoms in total. The zero-order valence-corrected chi connectivity index (χ0v) is 11.7. The number of nitrogens with two attached hydrogens (primary N) is 1. The number of benzene rings is 1. The van der Waals surface area contributed by atoms with Crippen LogP contribution in [-0.2, 0) is 10.0 Å². The summed E-state index contributed by atoms with van der Waals surface area (Å²) in [4.78, 5) is 0.152. The Labute approximate surface area is 108 Å². The average molecular weight is 269 g/mol. The zero-order chi connectivity index (χ0) is 13.5. The van der Waals surface area contributed by atoms with Crippen LogP contribution in [0, 0.1) is 5.92 Å². The van der Waals surface area contributed by atoms with Gasteiger partial charge in [-0.2, -0.15) is 0 Å². The summed E-state index contributed by atoms with van der Waals surface area (Å²) in [6.45, 7) is 6.34. The fourth-order valence-corrected chi connectivity index (χ4v) is 2.84. The normalized spacial score (nSPS) is 23.6. The van der Waals surface area contributed by atoms with Crippen LogP contribution in [0.5, 0.6) is 5.75 Å². The van der Waals surface area contributed by atoms with Crippen molar-refractivity contribution >= 4 is 10.0 Å². The standard InChI is InChI=1S/C13H19NO3S/c1-8(2)13-6-9(3)11-7-10(18(14,15)16)4-5-12(11)17-13/h4-5,7-9,13H,6H2,1-3H3,(H2,14,15,16). The SMILES string of the molecule is CC1CC(C(C)C)Oc2ccc(S(N)(=O)=O)cc21. The van der Waals surface area contributed by atoms with Crippen LogP contribution in [0.3, 0.4) is 0 Å². The molecule has 1 aliphatic rings. The van der Waals surface area contributed by atoms with Crippen molar-refractivity contribution in [2.75, 3.05) is 0 Å². The van der Waals surface area contributed by atoms with Gasteiger partial charge in [-0.15, -0.1) is 0 Å². The van der Waals surface area contributed by atoms with Crippen LogP contribution in [0.15, 0.2) is 23.1 Å². The molecule has 0 amide bonds. The van der Waals surface area contributed by atoms with Gasteiger partial charge >= 0.3 is 0 Å². The van der Waals surface area contributed by atoms with E-state index in [4.69, 9.17) is 9.88 Å². The first-order valence-corrected chi connectivity index (χ1v) is 7.67. The highest BCUT2D eigenvalue weighted by atomic mass is 32.2. The molecule has 0 saturated carbocycles. The van der Waals surface area contributed by atoms with Crippen molar-refractivity contribution < 1.29 is 13.2 Å². The Balaban J connectivity index is 2.41. The van der Waals surface area contributed by atoms with E-state index in [9.17, 15) is 8.42 Å². The molecule has 0 spiro atoms. The quantitative estimate of drug-likeness (QED) is 0.895. The first-order valence-electron chi connectivity index (χ1n) is 6.12. The zero-order valence-electron chi connectivity index (χ0n) is 10.9. The van der Waals surface area contributed by atoms with Crippen LogP contribution < -0.4 is 9.88 Å². The van der Waals surface area contributed by atoms with Crippen LogP contribution in [0.25, 0.3) is 0 Å². The van der Waals surface area contributed by atoms with Gasteiger partial charge in [-0.1, -0.05) is 20.8 Å². The predicted molar refractivity (Wildman–Crippen MR) is 70.1 cm³/mol. The van der Waals surface area contributed by atoms with Crippen LogP contribution in [0.1, 0.15) is 38.7 Å². The number of sulfonamides is 1. The number of primary sulfonamides is 1. The molecule has 2 N–H and O–H groups in total. The summed E-state index contributed by atoms with van der Waals surface area (Å²) >= 11 is 0. The number of fused-ring (bicyclic) bond motifs is 1. The molecule has 1 aliphatic heterocycles. The Hall–Kier alpha value is -1.07. The summed E-state index contributed by atoms with van der Waals surface area (Å²) in [5.74, 6) is 1.50. The van der Waals surface area contributed by atoms with Crippen molar-refractivity contribution in [3.05, 3.63) is 23.8 Å². The molecule has 0 radical (unpaired) electrons. The minimum Gasteiger partial charge on any atom is -0.490 e. The highest BCUT2D eigenvalue weighted by Gasteiger charge is 2.28. The number of ether oxygens (including phenoxy) is 1. The summed E-state index contributed by atoms with van der Waals surface area (Å²) in [7, 11) is -3.65. The van der Waals surface area contributed by atoms with Gasteiger partial charge in [-0.05, 0) is 42.0 Å². The van der Waals surface area contributed by atoms with Crippen LogP contribution in [0.2, 0.25) is 0 Å². The molecule has 2 rings (SSSR count). The monoisotopic (exact) mass is 269 g/mol. The van der Waals surface area contributed by atoms with Gasteiger partial charge in [0.25, 0.3) is 0 Å². The van der Waals surface area contributed by atoms with E-state index in [0.29, 0.717) is 5.92 Å². The molecule has 5 heteroatoms. The molecule has 2 unspecified atom stereocenters. The van der Waals surface area contributed by atoms with Crippen LogP contribution in [0.4, 0.5) is 0 Å². The summed E-state index contributed by atoms with van der Waals surface area (Å²) in [5.41, 5.74) is 0.929. The molecule has 0 aromatic heterocycles. The van der Waals surface area contributed by atoms with E-state index in [2.05, 4.69) is 20.8 Å². The molecule has 0 bridgehead atoms. The highest BCUT2D eigenvalue weighted by Crippen LogP contribution is 2.38. The van der Waals surface area contributed by atoms with Gasteiger partial charge in [0.15, 0.2) is 0 Å². The first-order chi connectivity index (χ1) is 8.29. The molecule has 0 saturated heterocycles. The molecule has 0 fully saturated rings. The molecular formula is C13H19NO3S. The minimum atomic E-state index is -3.65. The van der Waals surface area contributed by atoms with Gasteiger partial charge in [0.05, 0.1) is 4.90 Å². The van der Waals surface area contributed by atoms with Gasteiger partial charge in [0.2, 0.25) is 10.0 Å². The maximum atomic E-state index is 11.3. The van der Waals surface area contributed by atoms with E-state index in [1.54, 1.807) is 12.1 Å². The first kappa shape index (κ1) is 13.4. The molecule has 1 aromatic carbocycles. The summed E-state index contributed by atoms with van der Waals surface area (Å²) < 4.78 is 28.6. The Morgan fingerprint density at radius 1 is 1.39 bits per heavy atom. The van der Waals surface area contributed by atoms with E-state index in [1.165, 1.54) is 6.07 Å². The van der Waals surface area contributed by atoms with Crippen molar-refractivity contribution in [2.24, 2.45) is 11.1 Å². The second-order valence-electron chi connectivity index (χ2n) is 5.28. The van der Waals surface area contributed by atoms with Crippen LogP contribution >= 0.6 is 0 Å². The third-order valence-corrected chi connectivity index (χ3v) is 4.36. The fourth-order valence-electron chi connectivity index (χ4n) is 2.29. The van der Waals surface area contributed by atoms with Crippen molar-refractivity contribution in [2.45, 2.75) is 44.1 Å². The third-order valence-electron chi connectivity index (χ3n) is 3.45. The topological polar surface area (TPSA) is 69.4 Å². The highest BCUT2D eigenvalue weighted by molar-refractivity contribution is 7.89. The lowest BCUT2D eigenvalue weighted by Gasteiger charge is -2.32. The molecule has 100 valence electrons. The number of rotatable bonds is 2. The number of hydrogen-bond donors (Lipinski definition) is 1. The second kappa shape index (κ2) is 4.55. The van der Waals surface area contributed by atoms with E-state index < -0.39 is 10.0 Å². The summed E-state index contributed by atoms with van der Waals surface area (Å²) in [6, 6.07) is 4.84. The van der Waals surface area contributed by atoms with E-state index in [1.807, 2.05) is 0 Å². The Bertz CT molecular complexity index is 551. The molecule has 18 heavy (non-hydrogen) atoms. The van der Waals surface area contributed by atoms with Crippen molar-refractivity contribution in [1.82, 2.24) is 0 Å². The molecular weight excluding hydrogens is 250 g/mol. The molecule has 1 heterocycles. The van der Waals surface area contributed by atoms with E-state index in [-0.39, 0.29) is 16.9 Å². The smallest absolute Gasteiger partial charge is 0.238 e. The maximum absolute atomic E-state index is 11.3. The van der Waals surface area contributed by atoms with Crippen molar-refractivity contribution in [3.8, 4) is 5.75 Å². The predicted octanol–water partition coefficient (Wildman–Crippen LogP) is 2.24. The van der Waals surface area contributed by atoms with Gasteiger partial charge in [0.1, 0.15) is 11.9 Å². The molecule has 1 aromatic rings.